The molecule has 0 radical (unpaired) electrons. The first kappa shape index (κ1) is 22.2. The van der Waals surface area contributed by atoms with E-state index in [9.17, 15) is 27.4 Å². The Morgan fingerprint density at radius 1 is 1.38 bits per heavy atom. The van der Waals surface area contributed by atoms with E-state index in [1.165, 1.54) is 12.1 Å². The third-order valence-corrected chi connectivity index (χ3v) is 4.04. The Balaban J connectivity index is 0.00000338. The van der Waals surface area contributed by atoms with Crippen molar-refractivity contribution in [3.63, 3.8) is 0 Å². The van der Waals surface area contributed by atoms with Crippen molar-refractivity contribution in [2.24, 2.45) is 5.10 Å². The first-order chi connectivity index (χ1) is 11.6. The average Bonchev–Trinajstić information content (AvgIpc) is 2.81. The molecule has 1 saturated heterocycles. The van der Waals surface area contributed by atoms with Crippen LogP contribution in [0, 0.1) is 0 Å². The Kier molecular flexibility index (Phi) is 7.41. The summed E-state index contributed by atoms with van der Waals surface area (Å²) >= 11 is 0. The van der Waals surface area contributed by atoms with Crippen LogP contribution in [0.3, 0.4) is 0 Å². The van der Waals surface area contributed by atoms with E-state index in [0.29, 0.717) is 5.82 Å². The molecule has 134 valence electrons. The van der Waals surface area contributed by atoms with Crippen LogP contribution < -0.4 is 35.0 Å². The summed E-state index contributed by atoms with van der Waals surface area (Å²) in [5.41, 5.74) is 3.27. The minimum absolute atomic E-state index is 0. The number of rotatable bonds is 5. The number of pyridine rings is 1. The molecule has 13 heteroatoms. The number of carbonyl (C=O) groups is 3. The van der Waals surface area contributed by atoms with Crippen LogP contribution in [0.1, 0.15) is 30.6 Å². The molecule has 26 heavy (non-hydrogen) atoms. The number of imide groups is 1. The van der Waals surface area contributed by atoms with Crippen LogP contribution in [0.15, 0.2) is 23.4 Å². The van der Waals surface area contributed by atoms with Gasteiger partial charge in [0.25, 0.3) is 11.8 Å². The number of hydrazone groups is 1. The second-order valence-corrected chi connectivity index (χ2v) is 6.75. The van der Waals surface area contributed by atoms with Crippen molar-refractivity contribution in [3.05, 3.63) is 23.9 Å². The topological polar surface area (TPSA) is 158 Å². The molecule has 1 aromatic rings. The zero-order valence-corrected chi connectivity index (χ0v) is 16.9. The van der Waals surface area contributed by atoms with Crippen LogP contribution in [0.2, 0.25) is 0 Å². The fraction of sp³-hybridized carbons (Fsp3) is 0.308. The van der Waals surface area contributed by atoms with Crippen molar-refractivity contribution in [2.45, 2.75) is 25.5 Å². The molecule has 1 aliphatic heterocycles. The number of hydroxylamine groups is 2. The molecule has 0 aliphatic carbocycles. The summed E-state index contributed by atoms with van der Waals surface area (Å²) in [4.78, 5) is 43.8. The first-order valence-electron chi connectivity index (χ1n) is 6.86. The van der Waals surface area contributed by atoms with Crippen LogP contribution in [-0.4, -0.2) is 51.8 Å². The van der Waals surface area contributed by atoms with E-state index in [0.717, 1.165) is 11.9 Å². The van der Waals surface area contributed by atoms with E-state index in [2.05, 4.69) is 20.3 Å². The Labute approximate surface area is 170 Å². The van der Waals surface area contributed by atoms with Gasteiger partial charge in [-0.2, -0.15) is 5.10 Å². The summed E-state index contributed by atoms with van der Waals surface area (Å²) in [6.45, 7) is 3.52. The molecule has 2 amide bonds. The third kappa shape index (κ3) is 5.32. The smallest absolute Gasteiger partial charge is 0.747 e. The molecular formula is C13H13N4NaO7S. The quantitative estimate of drug-likeness (QED) is 0.177. The van der Waals surface area contributed by atoms with E-state index < -0.39 is 39.6 Å². The van der Waals surface area contributed by atoms with Gasteiger partial charge in [0.1, 0.15) is 21.2 Å². The Bertz CT molecular complexity index is 850. The number of anilines is 1. The van der Waals surface area contributed by atoms with E-state index >= 15 is 0 Å². The van der Waals surface area contributed by atoms with Crippen LogP contribution in [-0.2, 0) is 24.5 Å². The van der Waals surface area contributed by atoms with Gasteiger partial charge in [0.15, 0.2) is 0 Å². The molecule has 1 fully saturated rings. The third-order valence-electron chi connectivity index (χ3n) is 2.98. The van der Waals surface area contributed by atoms with Gasteiger partial charge in [0.2, 0.25) is 0 Å². The van der Waals surface area contributed by atoms with Crippen molar-refractivity contribution >= 4 is 39.4 Å². The minimum atomic E-state index is -5.02. The summed E-state index contributed by atoms with van der Waals surface area (Å²) in [6.07, 6.45) is 0.242. The zero-order valence-electron chi connectivity index (χ0n) is 14.1. The summed E-state index contributed by atoms with van der Waals surface area (Å²) in [5, 5.41) is 1.80. The number of nitrogens with one attached hydrogen (secondary N) is 1. The largest absolute Gasteiger partial charge is 1.00 e. The molecule has 1 aliphatic rings. The molecule has 2 heterocycles. The van der Waals surface area contributed by atoms with Crippen LogP contribution in [0.4, 0.5) is 5.82 Å². The summed E-state index contributed by atoms with van der Waals surface area (Å²) in [7, 11) is -5.02. The number of carbonyl (C=O) groups excluding carboxylic acids is 3. The van der Waals surface area contributed by atoms with Crippen LogP contribution >= 0.6 is 0 Å². The number of nitrogens with zero attached hydrogens (tertiary/aromatic N) is 3. The molecule has 0 saturated carbocycles. The van der Waals surface area contributed by atoms with Gasteiger partial charge in [-0.25, -0.2) is 18.2 Å². The maximum atomic E-state index is 11.9. The molecule has 0 spiro atoms. The fourth-order valence-electron chi connectivity index (χ4n) is 1.79. The summed E-state index contributed by atoms with van der Waals surface area (Å²) in [6, 6.07) is 2.70. The number of hydrogen-bond acceptors (Lipinski definition) is 10. The van der Waals surface area contributed by atoms with Gasteiger partial charge in [-0.15, -0.1) is 5.06 Å². The Hall–Kier alpha value is -1.86. The maximum absolute atomic E-state index is 11.9. The van der Waals surface area contributed by atoms with E-state index in [1.807, 2.05) is 0 Å². The van der Waals surface area contributed by atoms with Gasteiger partial charge in [-0.1, -0.05) is 0 Å². The number of aromatic nitrogens is 1. The minimum Gasteiger partial charge on any atom is -0.747 e. The molecule has 0 bridgehead atoms. The van der Waals surface area contributed by atoms with Crippen molar-refractivity contribution in [1.82, 2.24) is 10.0 Å². The second-order valence-electron chi connectivity index (χ2n) is 5.19. The molecule has 11 nitrogen and oxygen atoms in total. The molecule has 2 rings (SSSR count). The van der Waals surface area contributed by atoms with Crippen LogP contribution in [0.5, 0.6) is 0 Å². The molecule has 1 N–H and O–H groups in total. The number of hydrogen-bond donors (Lipinski definition) is 1. The van der Waals surface area contributed by atoms with E-state index in [1.54, 1.807) is 13.8 Å². The number of amides is 2. The molecule has 0 aromatic carbocycles. The van der Waals surface area contributed by atoms with Crippen LogP contribution in [0.25, 0.3) is 0 Å². The molecule has 1 unspecified atom stereocenters. The van der Waals surface area contributed by atoms with Gasteiger partial charge in [-0.05, 0) is 26.0 Å². The normalized spacial score (nSPS) is 16.7. The standard InChI is InChI=1S/C13H14N4O7S.Na/c1-7(2)15-16-10-4-3-8(6-14-10)13(20)24-17-11(18)5-9(12(17)19)25(21,22)23;/h3-4,6,9H,5H2,1-2H3,(H,14,16)(H,21,22,23);/q;+1/p-1. The molecular weight excluding hydrogens is 379 g/mol. The van der Waals surface area contributed by atoms with Crippen molar-refractivity contribution in [1.29, 1.82) is 0 Å². The van der Waals surface area contributed by atoms with E-state index in [-0.39, 0.29) is 40.2 Å². The molecule has 1 aromatic heterocycles. The Morgan fingerprint density at radius 2 is 2.04 bits per heavy atom. The van der Waals surface area contributed by atoms with Gasteiger partial charge in [0.05, 0.1) is 12.0 Å². The first-order valence-corrected chi connectivity index (χ1v) is 8.33. The Morgan fingerprint density at radius 3 is 2.50 bits per heavy atom. The van der Waals surface area contributed by atoms with Crippen molar-refractivity contribution < 1.29 is 61.7 Å². The SMILES string of the molecule is CC(C)=NNc1ccc(C(=O)ON2C(=O)CC(S(=O)(=O)[O-])C2=O)cn1.[Na+]. The van der Waals surface area contributed by atoms with Gasteiger partial charge < -0.3 is 9.39 Å². The predicted octanol–water partition coefficient (Wildman–Crippen LogP) is -3.36. The fourth-order valence-corrected chi connectivity index (χ4v) is 2.48. The monoisotopic (exact) mass is 392 g/mol. The van der Waals surface area contributed by atoms with Crippen molar-refractivity contribution in [3.8, 4) is 0 Å². The van der Waals surface area contributed by atoms with Gasteiger partial charge in [-0.3, -0.25) is 15.0 Å². The zero-order chi connectivity index (χ0) is 18.8. The van der Waals surface area contributed by atoms with Gasteiger partial charge >= 0.3 is 35.5 Å². The predicted molar refractivity (Wildman–Crippen MR) is 82.0 cm³/mol. The van der Waals surface area contributed by atoms with Crippen molar-refractivity contribution in [2.75, 3.05) is 5.43 Å². The summed E-state index contributed by atoms with van der Waals surface area (Å²) in [5.74, 6) is -3.27. The summed E-state index contributed by atoms with van der Waals surface area (Å²) < 4.78 is 32.7. The van der Waals surface area contributed by atoms with Gasteiger partial charge in [0, 0.05) is 11.9 Å². The molecule has 1 atom stereocenters. The van der Waals surface area contributed by atoms with E-state index in [4.69, 9.17) is 0 Å². The average molecular weight is 392 g/mol. The maximum Gasteiger partial charge on any atom is 1.00 e. The second kappa shape index (κ2) is 8.68.